The fourth-order valence-electron chi connectivity index (χ4n) is 2.52. The zero-order valence-corrected chi connectivity index (χ0v) is 15.0. The van der Waals surface area contributed by atoms with E-state index in [-0.39, 0.29) is 0 Å². The van der Waals surface area contributed by atoms with Crippen LogP contribution in [0.3, 0.4) is 0 Å². The average molecular weight is 332 g/mol. The van der Waals surface area contributed by atoms with Crippen molar-refractivity contribution in [3.63, 3.8) is 0 Å². The van der Waals surface area contributed by atoms with Crippen LogP contribution >= 0.6 is 0 Å². The number of rotatable bonds is 6. The predicted molar refractivity (Wildman–Crippen MR) is 105 cm³/mol. The summed E-state index contributed by atoms with van der Waals surface area (Å²) in [6.45, 7) is 5.18. The van der Waals surface area contributed by atoms with Crippen molar-refractivity contribution >= 4 is 17.5 Å². The van der Waals surface area contributed by atoms with Gasteiger partial charge in [-0.15, -0.1) is 0 Å². The van der Waals surface area contributed by atoms with Crippen molar-refractivity contribution in [3.8, 4) is 11.3 Å². The van der Waals surface area contributed by atoms with Gasteiger partial charge in [-0.25, -0.2) is 4.98 Å². The van der Waals surface area contributed by atoms with Gasteiger partial charge in [0, 0.05) is 30.9 Å². The maximum Gasteiger partial charge on any atom is 0.225 e. The Kier molecular flexibility index (Phi) is 5.29. The summed E-state index contributed by atoms with van der Waals surface area (Å²) in [6.07, 6.45) is 0. The number of anilines is 3. The van der Waals surface area contributed by atoms with Crippen LogP contribution in [-0.2, 0) is 0 Å². The first-order valence-electron chi connectivity index (χ1n) is 8.60. The van der Waals surface area contributed by atoms with Gasteiger partial charge in [0.15, 0.2) is 0 Å². The molecule has 1 heterocycles. The van der Waals surface area contributed by atoms with E-state index >= 15 is 0 Å². The molecule has 0 aliphatic carbocycles. The molecule has 4 heteroatoms. The van der Waals surface area contributed by atoms with Crippen LogP contribution in [0.4, 0.5) is 17.5 Å². The SMILES string of the molecule is CC(C)CNc1nc(-c2ccccc2)cc(N(C)c2ccccc2)n1. The first-order valence-corrected chi connectivity index (χ1v) is 8.60. The highest BCUT2D eigenvalue weighted by molar-refractivity contribution is 5.68. The third-order valence-electron chi connectivity index (χ3n) is 3.94. The van der Waals surface area contributed by atoms with Gasteiger partial charge in [0.25, 0.3) is 0 Å². The quantitative estimate of drug-likeness (QED) is 0.691. The van der Waals surface area contributed by atoms with Gasteiger partial charge in [-0.3, -0.25) is 0 Å². The van der Waals surface area contributed by atoms with Crippen LogP contribution in [0.2, 0.25) is 0 Å². The van der Waals surface area contributed by atoms with E-state index in [1.807, 2.05) is 49.5 Å². The smallest absolute Gasteiger partial charge is 0.225 e. The molecule has 0 saturated carbocycles. The van der Waals surface area contributed by atoms with E-state index in [2.05, 4.69) is 48.3 Å². The molecule has 0 radical (unpaired) electrons. The summed E-state index contributed by atoms with van der Waals surface area (Å²) in [5.74, 6) is 2.05. The van der Waals surface area contributed by atoms with E-state index in [1.165, 1.54) is 0 Å². The Hall–Kier alpha value is -2.88. The molecule has 2 aromatic carbocycles. The molecule has 3 rings (SSSR count). The highest BCUT2D eigenvalue weighted by Crippen LogP contribution is 2.27. The van der Waals surface area contributed by atoms with Crippen LogP contribution in [0.25, 0.3) is 11.3 Å². The van der Waals surface area contributed by atoms with Gasteiger partial charge in [-0.2, -0.15) is 4.98 Å². The fourth-order valence-corrected chi connectivity index (χ4v) is 2.52. The number of nitrogens with zero attached hydrogens (tertiary/aromatic N) is 3. The molecule has 0 spiro atoms. The Morgan fingerprint density at radius 3 is 2.20 bits per heavy atom. The largest absolute Gasteiger partial charge is 0.354 e. The second-order valence-corrected chi connectivity index (χ2v) is 6.47. The van der Waals surface area contributed by atoms with Crippen LogP contribution in [0.15, 0.2) is 66.7 Å². The zero-order chi connectivity index (χ0) is 17.6. The molecule has 0 unspecified atom stereocenters. The maximum absolute atomic E-state index is 4.71. The van der Waals surface area contributed by atoms with Crippen molar-refractivity contribution in [3.05, 3.63) is 66.7 Å². The lowest BCUT2D eigenvalue weighted by Gasteiger charge is -2.20. The van der Waals surface area contributed by atoms with Gasteiger partial charge in [0.2, 0.25) is 5.95 Å². The predicted octanol–water partition coefficient (Wildman–Crippen LogP) is 4.98. The highest BCUT2D eigenvalue weighted by atomic mass is 15.2. The Balaban J connectivity index is 2.00. The topological polar surface area (TPSA) is 41.1 Å². The summed E-state index contributed by atoms with van der Waals surface area (Å²) in [4.78, 5) is 11.5. The molecular formula is C21H24N4. The molecule has 25 heavy (non-hydrogen) atoms. The lowest BCUT2D eigenvalue weighted by atomic mass is 10.1. The molecule has 3 aromatic rings. The second-order valence-electron chi connectivity index (χ2n) is 6.47. The highest BCUT2D eigenvalue weighted by Gasteiger charge is 2.11. The van der Waals surface area contributed by atoms with E-state index in [0.717, 1.165) is 29.3 Å². The molecule has 0 fully saturated rings. The van der Waals surface area contributed by atoms with E-state index in [9.17, 15) is 0 Å². The summed E-state index contributed by atoms with van der Waals surface area (Å²) in [5.41, 5.74) is 3.09. The molecule has 0 atom stereocenters. The number of aromatic nitrogens is 2. The fraction of sp³-hybridized carbons (Fsp3) is 0.238. The van der Waals surface area contributed by atoms with Crippen molar-refractivity contribution in [2.45, 2.75) is 13.8 Å². The normalized spacial score (nSPS) is 10.7. The summed E-state index contributed by atoms with van der Waals surface area (Å²) < 4.78 is 0. The summed E-state index contributed by atoms with van der Waals surface area (Å²) in [5, 5.41) is 3.35. The number of nitrogens with one attached hydrogen (secondary N) is 1. The molecule has 4 nitrogen and oxygen atoms in total. The van der Waals surface area contributed by atoms with Crippen LogP contribution in [-0.4, -0.2) is 23.6 Å². The first kappa shape index (κ1) is 17.0. The third kappa shape index (κ3) is 4.35. The molecular weight excluding hydrogens is 308 g/mol. The van der Waals surface area contributed by atoms with Gasteiger partial charge in [0.1, 0.15) is 5.82 Å². The van der Waals surface area contributed by atoms with E-state index in [1.54, 1.807) is 0 Å². The van der Waals surface area contributed by atoms with Crippen molar-refractivity contribution in [2.24, 2.45) is 5.92 Å². The Morgan fingerprint density at radius 1 is 0.920 bits per heavy atom. The molecule has 128 valence electrons. The van der Waals surface area contributed by atoms with Crippen molar-refractivity contribution < 1.29 is 0 Å². The lowest BCUT2D eigenvalue weighted by Crippen LogP contribution is -2.15. The first-order chi connectivity index (χ1) is 12.1. The molecule has 0 aliphatic heterocycles. The Morgan fingerprint density at radius 2 is 1.56 bits per heavy atom. The number of para-hydroxylation sites is 1. The molecule has 0 saturated heterocycles. The van der Waals surface area contributed by atoms with Gasteiger partial charge in [0.05, 0.1) is 5.69 Å². The van der Waals surface area contributed by atoms with Crippen molar-refractivity contribution in [1.82, 2.24) is 9.97 Å². The monoisotopic (exact) mass is 332 g/mol. The summed E-state index contributed by atoms with van der Waals surface area (Å²) in [7, 11) is 2.03. The Bertz CT molecular complexity index is 801. The summed E-state index contributed by atoms with van der Waals surface area (Å²) >= 11 is 0. The number of hydrogen-bond acceptors (Lipinski definition) is 4. The van der Waals surface area contributed by atoms with Crippen LogP contribution < -0.4 is 10.2 Å². The van der Waals surface area contributed by atoms with E-state index in [4.69, 9.17) is 9.97 Å². The Labute approximate surface area is 149 Å². The molecule has 1 N–H and O–H groups in total. The van der Waals surface area contributed by atoms with Gasteiger partial charge >= 0.3 is 0 Å². The zero-order valence-electron chi connectivity index (χ0n) is 15.0. The van der Waals surface area contributed by atoms with Crippen LogP contribution in [0.5, 0.6) is 0 Å². The van der Waals surface area contributed by atoms with Gasteiger partial charge in [-0.05, 0) is 18.1 Å². The van der Waals surface area contributed by atoms with Crippen LogP contribution in [0.1, 0.15) is 13.8 Å². The van der Waals surface area contributed by atoms with Crippen LogP contribution in [0, 0.1) is 5.92 Å². The molecule has 0 amide bonds. The minimum atomic E-state index is 0.527. The molecule has 0 aliphatic rings. The average Bonchev–Trinajstić information content (AvgIpc) is 2.67. The lowest BCUT2D eigenvalue weighted by molar-refractivity contribution is 0.684. The third-order valence-corrected chi connectivity index (χ3v) is 3.94. The van der Waals surface area contributed by atoms with Crippen molar-refractivity contribution in [1.29, 1.82) is 0 Å². The molecule has 0 bridgehead atoms. The second kappa shape index (κ2) is 7.79. The number of hydrogen-bond donors (Lipinski definition) is 1. The van der Waals surface area contributed by atoms with E-state index < -0.39 is 0 Å². The van der Waals surface area contributed by atoms with Crippen molar-refractivity contribution in [2.75, 3.05) is 23.8 Å². The minimum absolute atomic E-state index is 0.527. The van der Waals surface area contributed by atoms with Gasteiger partial charge < -0.3 is 10.2 Å². The van der Waals surface area contributed by atoms with E-state index in [0.29, 0.717) is 11.9 Å². The summed E-state index contributed by atoms with van der Waals surface area (Å²) in [6, 6.07) is 22.5. The maximum atomic E-state index is 4.71. The van der Waals surface area contributed by atoms with Gasteiger partial charge in [-0.1, -0.05) is 62.4 Å². The standard InChI is InChI=1S/C21H24N4/c1-16(2)15-22-21-23-19(17-10-6-4-7-11-17)14-20(24-21)25(3)18-12-8-5-9-13-18/h4-14,16H,15H2,1-3H3,(H,22,23,24). The number of benzene rings is 2. The molecule has 1 aromatic heterocycles. The minimum Gasteiger partial charge on any atom is -0.354 e.